The maximum Gasteiger partial charge on any atom is 0.261 e. The molecule has 140 valence electrons. The van der Waals surface area contributed by atoms with Crippen LogP contribution in [-0.2, 0) is 17.8 Å². The molecule has 4 aromatic rings. The van der Waals surface area contributed by atoms with Crippen LogP contribution >= 0.6 is 0 Å². The highest BCUT2D eigenvalue weighted by molar-refractivity contribution is 5.84. The third-order valence-electron chi connectivity index (χ3n) is 4.92. The van der Waals surface area contributed by atoms with Gasteiger partial charge in [-0.3, -0.25) is 14.2 Å². The summed E-state index contributed by atoms with van der Waals surface area (Å²) in [5.41, 5.74) is 3.05. The SMILES string of the molecule is Cc1nc2cc(/C=C/C=O)ccc2c(=O)n1CCc1cn(O)c2ccccc12. The van der Waals surface area contributed by atoms with Gasteiger partial charge in [-0.15, -0.1) is 0 Å². The van der Waals surface area contributed by atoms with Gasteiger partial charge in [0.05, 0.1) is 16.4 Å². The second-order valence-corrected chi connectivity index (χ2v) is 6.65. The molecule has 2 heterocycles. The maximum atomic E-state index is 13.0. The van der Waals surface area contributed by atoms with Gasteiger partial charge in [-0.25, -0.2) is 4.98 Å². The number of carbonyl (C=O) groups excluding carboxylic acids is 1. The van der Waals surface area contributed by atoms with E-state index in [0.717, 1.165) is 26.8 Å². The van der Waals surface area contributed by atoms with Gasteiger partial charge in [-0.05, 0) is 48.7 Å². The van der Waals surface area contributed by atoms with Crippen molar-refractivity contribution in [2.24, 2.45) is 0 Å². The van der Waals surface area contributed by atoms with E-state index in [1.807, 2.05) is 31.2 Å². The molecule has 1 N–H and O–H groups in total. The first kappa shape index (κ1) is 17.7. The molecule has 0 amide bonds. The molecule has 6 heteroatoms. The van der Waals surface area contributed by atoms with Gasteiger partial charge in [0.1, 0.15) is 12.1 Å². The van der Waals surface area contributed by atoms with Gasteiger partial charge in [-0.2, -0.15) is 4.73 Å². The Balaban J connectivity index is 1.69. The minimum absolute atomic E-state index is 0.0962. The van der Waals surface area contributed by atoms with Crippen molar-refractivity contribution in [3.63, 3.8) is 0 Å². The summed E-state index contributed by atoms with van der Waals surface area (Å²) in [6.45, 7) is 2.28. The van der Waals surface area contributed by atoms with E-state index >= 15 is 0 Å². The van der Waals surface area contributed by atoms with E-state index < -0.39 is 0 Å². The molecule has 0 aliphatic rings. The number of hydrogen-bond acceptors (Lipinski definition) is 4. The summed E-state index contributed by atoms with van der Waals surface area (Å²) in [6, 6.07) is 12.9. The van der Waals surface area contributed by atoms with Gasteiger partial charge in [0.25, 0.3) is 5.56 Å². The fraction of sp³-hybridized carbons (Fsp3) is 0.136. The molecule has 0 radical (unpaired) electrons. The summed E-state index contributed by atoms with van der Waals surface area (Å²) in [6.07, 6.45) is 6.09. The van der Waals surface area contributed by atoms with Crippen LogP contribution in [-0.4, -0.2) is 25.8 Å². The van der Waals surface area contributed by atoms with Gasteiger partial charge in [0.15, 0.2) is 0 Å². The average Bonchev–Trinajstić information content (AvgIpc) is 3.02. The van der Waals surface area contributed by atoms with Crippen molar-refractivity contribution < 1.29 is 10.0 Å². The van der Waals surface area contributed by atoms with Crippen molar-refractivity contribution >= 4 is 34.2 Å². The molecule has 0 aliphatic carbocycles. The third kappa shape index (κ3) is 3.09. The lowest BCUT2D eigenvalue weighted by molar-refractivity contribution is -0.104. The minimum atomic E-state index is -0.0962. The smallest absolute Gasteiger partial charge is 0.261 e. The highest BCUT2D eigenvalue weighted by Crippen LogP contribution is 2.21. The quantitative estimate of drug-likeness (QED) is 0.331. The number of aromatic nitrogens is 3. The number of aldehydes is 1. The van der Waals surface area contributed by atoms with Crippen LogP contribution in [0.1, 0.15) is 17.0 Å². The number of para-hydroxylation sites is 1. The van der Waals surface area contributed by atoms with E-state index in [2.05, 4.69) is 4.98 Å². The first-order chi connectivity index (χ1) is 13.6. The summed E-state index contributed by atoms with van der Waals surface area (Å²) in [5, 5.41) is 11.5. The van der Waals surface area contributed by atoms with Crippen LogP contribution < -0.4 is 5.56 Å². The van der Waals surface area contributed by atoms with Gasteiger partial charge < -0.3 is 5.21 Å². The highest BCUT2D eigenvalue weighted by atomic mass is 16.5. The topological polar surface area (TPSA) is 77.1 Å². The normalized spacial score (nSPS) is 11.6. The zero-order valence-corrected chi connectivity index (χ0v) is 15.4. The van der Waals surface area contributed by atoms with Crippen LogP contribution in [0, 0.1) is 6.92 Å². The standard InChI is InChI=1S/C22H19N3O3/c1-15-23-20-13-16(5-4-12-26)8-9-19(20)22(27)24(15)11-10-17-14-25(28)21-7-3-2-6-18(17)21/h2-9,12-14,28H,10-11H2,1H3/b5-4+. The average molecular weight is 373 g/mol. The highest BCUT2D eigenvalue weighted by Gasteiger charge is 2.11. The Bertz CT molecular complexity index is 1280. The van der Waals surface area contributed by atoms with Crippen molar-refractivity contribution in [2.75, 3.05) is 0 Å². The Morgan fingerprint density at radius 2 is 1.96 bits per heavy atom. The number of nitrogens with zero attached hydrogens (tertiary/aromatic N) is 3. The summed E-state index contributed by atoms with van der Waals surface area (Å²) in [7, 11) is 0. The monoisotopic (exact) mass is 373 g/mol. The van der Waals surface area contributed by atoms with Crippen LogP contribution in [0.25, 0.3) is 27.9 Å². The van der Waals surface area contributed by atoms with Crippen LogP contribution in [0.15, 0.2) is 59.5 Å². The molecule has 0 aliphatic heterocycles. The Labute approximate surface area is 160 Å². The molecule has 28 heavy (non-hydrogen) atoms. The van der Waals surface area contributed by atoms with Gasteiger partial charge in [0.2, 0.25) is 0 Å². The fourth-order valence-corrected chi connectivity index (χ4v) is 3.53. The molecule has 0 unspecified atom stereocenters. The maximum absolute atomic E-state index is 13.0. The number of allylic oxidation sites excluding steroid dienone is 1. The molecule has 0 fully saturated rings. The van der Waals surface area contributed by atoms with Crippen molar-refractivity contribution in [1.82, 2.24) is 14.3 Å². The number of rotatable bonds is 5. The lowest BCUT2D eigenvalue weighted by Gasteiger charge is -2.11. The van der Waals surface area contributed by atoms with Crippen LogP contribution in [0.3, 0.4) is 0 Å². The van der Waals surface area contributed by atoms with Crippen molar-refractivity contribution in [2.45, 2.75) is 19.9 Å². The number of hydrogen-bond donors (Lipinski definition) is 1. The molecule has 0 atom stereocenters. The third-order valence-corrected chi connectivity index (χ3v) is 4.92. The molecule has 0 saturated carbocycles. The van der Waals surface area contributed by atoms with E-state index in [1.165, 1.54) is 6.08 Å². The van der Waals surface area contributed by atoms with Crippen LogP contribution in [0.2, 0.25) is 0 Å². The Kier molecular flexibility index (Phi) is 4.53. The van der Waals surface area contributed by atoms with Crippen LogP contribution in [0.5, 0.6) is 0 Å². The molecule has 4 rings (SSSR count). The Morgan fingerprint density at radius 1 is 1.14 bits per heavy atom. The second-order valence-electron chi connectivity index (χ2n) is 6.65. The van der Waals surface area contributed by atoms with Gasteiger partial charge in [-0.1, -0.05) is 30.3 Å². The van der Waals surface area contributed by atoms with E-state index in [1.54, 1.807) is 35.0 Å². The first-order valence-corrected chi connectivity index (χ1v) is 9.00. The lowest BCUT2D eigenvalue weighted by Crippen LogP contribution is -2.24. The molecule has 0 saturated heterocycles. The summed E-state index contributed by atoms with van der Waals surface area (Å²) < 4.78 is 2.78. The van der Waals surface area contributed by atoms with E-state index in [9.17, 15) is 14.8 Å². The number of benzene rings is 2. The molecular formula is C22H19N3O3. The Hall–Kier alpha value is -3.67. The van der Waals surface area contributed by atoms with E-state index in [-0.39, 0.29) is 5.56 Å². The number of fused-ring (bicyclic) bond motifs is 2. The summed E-state index contributed by atoms with van der Waals surface area (Å²) in [4.78, 5) is 28.0. The molecule has 2 aromatic carbocycles. The molecule has 0 bridgehead atoms. The largest absolute Gasteiger partial charge is 0.428 e. The molecule has 2 aromatic heterocycles. The number of carbonyl (C=O) groups is 1. The van der Waals surface area contributed by atoms with E-state index in [4.69, 9.17) is 0 Å². The lowest BCUT2D eigenvalue weighted by atomic mass is 10.1. The van der Waals surface area contributed by atoms with Crippen molar-refractivity contribution in [3.05, 3.63) is 82.0 Å². The second kappa shape index (κ2) is 7.15. The molecular weight excluding hydrogens is 354 g/mol. The molecule has 0 spiro atoms. The first-order valence-electron chi connectivity index (χ1n) is 9.00. The van der Waals surface area contributed by atoms with Gasteiger partial charge >= 0.3 is 0 Å². The molecule has 6 nitrogen and oxygen atoms in total. The van der Waals surface area contributed by atoms with E-state index in [0.29, 0.717) is 36.0 Å². The zero-order chi connectivity index (χ0) is 19.7. The number of aryl methyl sites for hydroxylation is 2. The zero-order valence-electron chi connectivity index (χ0n) is 15.4. The van der Waals surface area contributed by atoms with Crippen LogP contribution in [0.4, 0.5) is 0 Å². The summed E-state index contributed by atoms with van der Waals surface area (Å²) >= 11 is 0. The van der Waals surface area contributed by atoms with Crippen molar-refractivity contribution in [3.8, 4) is 0 Å². The Morgan fingerprint density at radius 3 is 2.79 bits per heavy atom. The fourth-order valence-electron chi connectivity index (χ4n) is 3.53. The summed E-state index contributed by atoms with van der Waals surface area (Å²) in [5.74, 6) is 0.627. The predicted octanol–water partition coefficient (Wildman–Crippen LogP) is 3.35. The predicted molar refractivity (Wildman–Crippen MR) is 109 cm³/mol. The van der Waals surface area contributed by atoms with Gasteiger partial charge in [0, 0.05) is 18.1 Å². The van der Waals surface area contributed by atoms with Crippen molar-refractivity contribution in [1.29, 1.82) is 0 Å². The minimum Gasteiger partial charge on any atom is -0.428 e.